The van der Waals surface area contributed by atoms with Crippen LogP contribution in [-0.4, -0.2) is 40.2 Å². The molecule has 0 saturated heterocycles. The fourth-order valence-electron chi connectivity index (χ4n) is 2.14. The Labute approximate surface area is 129 Å². The second kappa shape index (κ2) is 9.00. The smallest absolute Gasteiger partial charge is 0.320 e. The van der Waals surface area contributed by atoms with Gasteiger partial charge in [0.05, 0.1) is 0 Å². The molecule has 0 aliphatic carbocycles. The first-order valence-electron chi connectivity index (χ1n) is 7.29. The molecule has 0 amide bonds. The zero-order chi connectivity index (χ0) is 16.5. The van der Waals surface area contributed by atoms with Crippen molar-refractivity contribution < 1.29 is 9.90 Å². The van der Waals surface area contributed by atoms with E-state index in [0.717, 1.165) is 12.8 Å². The Morgan fingerprint density at radius 1 is 1.14 bits per heavy atom. The van der Waals surface area contributed by atoms with Gasteiger partial charge in [-0.1, -0.05) is 6.42 Å². The Balaban J connectivity index is 2.41. The lowest BCUT2D eigenvalue weighted by Crippen LogP contribution is -2.37. The van der Waals surface area contributed by atoms with E-state index in [1.807, 2.05) is 0 Å². The standard InChI is InChI=1S/C13H25N7O2/c14-6-2-1-5-9(12(21)22)18-7-3-4-8-10(15)19-13(17)20-11(8)16/h9,18H,1-7,14H2,(H,21,22)(H6,15,16,17,19,20)/t9-/m0/s1. The summed E-state index contributed by atoms with van der Waals surface area (Å²) in [6.45, 7) is 1.10. The van der Waals surface area contributed by atoms with E-state index in [1.165, 1.54) is 0 Å². The van der Waals surface area contributed by atoms with E-state index in [2.05, 4.69) is 15.3 Å². The molecule has 9 nitrogen and oxygen atoms in total. The molecule has 22 heavy (non-hydrogen) atoms. The van der Waals surface area contributed by atoms with Gasteiger partial charge in [0.25, 0.3) is 0 Å². The van der Waals surface area contributed by atoms with Gasteiger partial charge in [-0.2, -0.15) is 9.97 Å². The van der Waals surface area contributed by atoms with Crippen LogP contribution in [0.3, 0.4) is 0 Å². The van der Waals surface area contributed by atoms with E-state index in [0.29, 0.717) is 37.9 Å². The second-order valence-electron chi connectivity index (χ2n) is 5.06. The van der Waals surface area contributed by atoms with Gasteiger partial charge in [0, 0.05) is 5.56 Å². The van der Waals surface area contributed by atoms with Gasteiger partial charge in [0.2, 0.25) is 5.95 Å². The van der Waals surface area contributed by atoms with Crippen LogP contribution >= 0.6 is 0 Å². The number of unbranched alkanes of at least 4 members (excludes halogenated alkanes) is 1. The highest BCUT2D eigenvalue weighted by atomic mass is 16.4. The van der Waals surface area contributed by atoms with Crippen LogP contribution in [0.4, 0.5) is 17.6 Å². The normalized spacial score (nSPS) is 12.2. The third kappa shape index (κ3) is 5.70. The third-order valence-electron chi connectivity index (χ3n) is 3.33. The van der Waals surface area contributed by atoms with E-state index in [1.54, 1.807) is 0 Å². The molecule has 0 aliphatic heterocycles. The minimum atomic E-state index is -0.855. The Morgan fingerprint density at radius 2 is 1.77 bits per heavy atom. The molecular formula is C13H25N7O2. The lowest BCUT2D eigenvalue weighted by atomic mass is 10.1. The minimum Gasteiger partial charge on any atom is -0.480 e. The highest BCUT2D eigenvalue weighted by molar-refractivity contribution is 5.73. The molecule has 1 heterocycles. The van der Waals surface area contributed by atoms with E-state index < -0.39 is 12.0 Å². The maximum atomic E-state index is 11.1. The van der Waals surface area contributed by atoms with Gasteiger partial charge in [0.1, 0.15) is 17.7 Å². The summed E-state index contributed by atoms with van der Waals surface area (Å²) in [4.78, 5) is 18.9. The van der Waals surface area contributed by atoms with Gasteiger partial charge in [-0.05, 0) is 38.8 Å². The van der Waals surface area contributed by atoms with Crippen molar-refractivity contribution in [2.75, 3.05) is 30.3 Å². The molecule has 1 rings (SSSR count). The molecule has 0 radical (unpaired) electrons. The van der Waals surface area contributed by atoms with Crippen molar-refractivity contribution in [3.63, 3.8) is 0 Å². The topological polar surface area (TPSA) is 179 Å². The molecule has 0 spiro atoms. The summed E-state index contributed by atoms with van der Waals surface area (Å²) >= 11 is 0. The first-order valence-corrected chi connectivity index (χ1v) is 7.29. The van der Waals surface area contributed by atoms with E-state index in [4.69, 9.17) is 28.0 Å². The van der Waals surface area contributed by atoms with Gasteiger partial charge in [-0.3, -0.25) is 4.79 Å². The van der Waals surface area contributed by atoms with Crippen LogP contribution in [0.2, 0.25) is 0 Å². The summed E-state index contributed by atoms with van der Waals surface area (Å²) in [5.74, 6) is -0.278. The average molecular weight is 311 g/mol. The van der Waals surface area contributed by atoms with Crippen LogP contribution in [0.15, 0.2) is 0 Å². The van der Waals surface area contributed by atoms with Gasteiger partial charge in [0.15, 0.2) is 0 Å². The molecule has 9 heteroatoms. The molecular weight excluding hydrogens is 286 g/mol. The molecule has 0 bridgehead atoms. The molecule has 1 atom stereocenters. The summed E-state index contributed by atoms with van der Waals surface area (Å²) < 4.78 is 0. The number of carboxylic acid groups (broad SMARTS) is 1. The van der Waals surface area contributed by atoms with Crippen LogP contribution in [0, 0.1) is 0 Å². The van der Waals surface area contributed by atoms with E-state index in [9.17, 15) is 4.79 Å². The van der Waals surface area contributed by atoms with E-state index in [-0.39, 0.29) is 17.6 Å². The third-order valence-corrected chi connectivity index (χ3v) is 3.33. The lowest BCUT2D eigenvalue weighted by Gasteiger charge is -2.14. The molecule has 0 aromatic carbocycles. The van der Waals surface area contributed by atoms with E-state index >= 15 is 0 Å². The molecule has 124 valence electrons. The molecule has 1 aromatic rings. The molecule has 0 fully saturated rings. The maximum absolute atomic E-state index is 11.1. The Morgan fingerprint density at radius 3 is 2.32 bits per heavy atom. The Bertz CT molecular complexity index is 472. The number of hydrogen-bond donors (Lipinski definition) is 6. The number of aromatic nitrogens is 2. The molecule has 0 aliphatic rings. The van der Waals surface area contributed by atoms with Gasteiger partial charge < -0.3 is 33.4 Å². The fourth-order valence-corrected chi connectivity index (χ4v) is 2.14. The van der Waals surface area contributed by atoms with Gasteiger partial charge in [-0.25, -0.2) is 0 Å². The van der Waals surface area contributed by atoms with Crippen molar-refractivity contribution in [1.82, 2.24) is 15.3 Å². The van der Waals surface area contributed by atoms with Crippen LogP contribution in [0.25, 0.3) is 0 Å². The minimum absolute atomic E-state index is 0.0442. The molecule has 0 saturated carbocycles. The Kier molecular flexibility index (Phi) is 7.33. The first kappa shape index (κ1) is 17.9. The Hall–Kier alpha value is -2.13. The molecule has 10 N–H and O–H groups in total. The van der Waals surface area contributed by atoms with Crippen molar-refractivity contribution in [3.05, 3.63) is 5.56 Å². The highest BCUT2D eigenvalue weighted by Crippen LogP contribution is 2.18. The van der Waals surface area contributed by atoms with Gasteiger partial charge >= 0.3 is 5.97 Å². The number of carbonyl (C=O) groups is 1. The lowest BCUT2D eigenvalue weighted by molar-refractivity contribution is -0.139. The number of nitrogens with one attached hydrogen (secondary N) is 1. The number of nitrogens with zero attached hydrogens (tertiary/aromatic N) is 2. The highest BCUT2D eigenvalue weighted by Gasteiger charge is 2.16. The predicted molar refractivity (Wildman–Crippen MR) is 85.9 cm³/mol. The first-order chi connectivity index (χ1) is 10.5. The summed E-state index contributed by atoms with van der Waals surface area (Å²) in [5, 5.41) is 12.2. The number of rotatable bonds is 10. The SMILES string of the molecule is NCCCC[C@H](NCCCc1c(N)nc(N)nc1N)C(=O)O. The summed E-state index contributed by atoms with van der Waals surface area (Å²) in [6.07, 6.45) is 3.39. The van der Waals surface area contributed by atoms with Crippen molar-refractivity contribution in [2.45, 2.75) is 38.1 Å². The van der Waals surface area contributed by atoms with Crippen LogP contribution in [-0.2, 0) is 11.2 Å². The molecule has 0 unspecified atom stereocenters. The number of carboxylic acids is 1. The maximum Gasteiger partial charge on any atom is 0.320 e. The van der Waals surface area contributed by atoms with Crippen LogP contribution < -0.4 is 28.3 Å². The average Bonchev–Trinajstić information content (AvgIpc) is 2.43. The van der Waals surface area contributed by atoms with Crippen molar-refractivity contribution in [1.29, 1.82) is 0 Å². The van der Waals surface area contributed by atoms with Gasteiger partial charge in [-0.15, -0.1) is 0 Å². The quantitative estimate of drug-likeness (QED) is 0.305. The number of anilines is 3. The van der Waals surface area contributed by atoms with Crippen LogP contribution in [0.5, 0.6) is 0 Å². The zero-order valence-corrected chi connectivity index (χ0v) is 12.6. The number of hydrogen-bond acceptors (Lipinski definition) is 8. The van der Waals surface area contributed by atoms with Crippen molar-refractivity contribution >= 4 is 23.6 Å². The monoisotopic (exact) mass is 311 g/mol. The van der Waals surface area contributed by atoms with Crippen molar-refractivity contribution in [3.8, 4) is 0 Å². The summed E-state index contributed by atoms with van der Waals surface area (Å²) in [7, 11) is 0. The fraction of sp³-hybridized carbons (Fsp3) is 0.615. The zero-order valence-electron chi connectivity index (χ0n) is 12.6. The second-order valence-corrected chi connectivity index (χ2v) is 5.06. The molecule has 1 aromatic heterocycles. The number of nitrogens with two attached hydrogens (primary N) is 4. The van der Waals surface area contributed by atoms with Crippen LogP contribution in [0.1, 0.15) is 31.2 Å². The predicted octanol–water partition coefficient (Wildman–Crippen LogP) is -0.672. The number of nitrogen functional groups attached to an aromatic ring is 3. The summed E-state index contributed by atoms with van der Waals surface area (Å²) in [6, 6.07) is -0.566. The largest absolute Gasteiger partial charge is 0.480 e. The van der Waals surface area contributed by atoms with Crippen molar-refractivity contribution in [2.24, 2.45) is 5.73 Å². The number of aliphatic carboxylic acids is 1. The summed E-state index contributed by atoms with van der Waals surface area (Å²) in [5.41, 5.74) is 23.0.